The summed E-state index contributed by atoms with van der Waals surface area (Å²) in [6.45, 7) is 0.656. The third-order valence-electron chi connectivity index (χ3n) is 2.97. The van der Waals surface area contributed by atoms with Crippen LogP contribution in [0.15, 0.2) is 22.9 Å². The SMILES string of the molecule is FC(F)(F)c1cc2n(n1)C(c1ccsc1)CCN2. The average molecular weight is 273 g/mol. The monoisotopic (exact) mass is 273 g/mol. The van der Waals surface area contributed by atoms with Gasteiger partial charge in [0.15, 0.2) is 5.69 Å². The molecule has 96 valence electrons. The largest absolute Gasteiger partial charge is 0.435 e. The van der Waals surface area contributed by atoms with Crippen LogP contribution in [0.1, 0.15) is 23.7 Å². The Kier molecular flexibility index (Phi) is 2.58. The molecule has 0 spiro atoms. The minimum Gasteiger partial charge on any atom is -0.370 e. The molecule has 3 heterocycles. The van der Waals surface area contributed by atoms with Crippen LogP contribution < -0.4 is 5.32 Å². The van der Waals surface area contributed by atoms with Crippen molar-refractivity contribution in [3.8, 4) is 0 Å². The van der Waals surface area contributed by atoms with E-state index in [1.807, 2.05) is 16.8 Å². The summed E-state index contributed by atoms with van der Waals surface area (Å²) in [6, 6.07) is 2.89. The smallest absolute Gasteiger partial charge is 0.370 e. The van der Waals surface area contributed by atoms with Crippen LogP contribution in [-0.2, 0) is 6.18 Å². The van der Waals surface area contributed by atoms with Crippen molar-refractivity contribution in [3.05, 3.63) is 34.2 Å². The molecule has 0 saturated heterocycles. The highest BCUT2D eigenvalue weighted by molar-refractivity contribution is 7.07. The molecule has 0 aromatic carbocycles. The lowest BCUT2D eigenvalue weighted by atomic mass is 10.1. The Morgan fingerprint density at radius 3 is 2.94 bits per heavy atom. The minimum absolute atomic E-state index is 0.108. The number of halogens is 3. The number of fused-ring (bicyclic) bond motifs is 1. The Balaban J connectivity index is 2.03. The number of rotatable bonds is 1. The van der Waals surface area contributed by atoms with Crippen LogP contribution in [-0.4, -0.2) is 16.3 Å². The van der Waals surface area contributed by atoms with Crippen molar-refractivity contribution in [2.45, 2.75) is 18.6 Å². The first kappa shape index (κ1) is 11.6. The third kappa shape index (κ3) is 1.88. The summed E-state index contributed by atoms with van der Waals surface area (Å²) in [5.41, 5.74) is 0.173. The predicted octanol–water partition coefficient (Wildman–Crippen LogP) is 3.37. The maximum absolute atomic E-state index is 12.6. The van der Waals surface area contributed by atoms with Gasteiger partial charge in [-0.2, -0.15) is 29.6 Å². The van der Waals surface area contributed by atoms with E-state index in [-0.39, 0.29) is 6.04 Å². The Morgan fingerprint density at radius 2 is 2.28 bits per heavy atom. The van der Waals surface area contributed by atoms with Crippen molar-refractivity contribution in [1.82, 2.24) is 9.78 Å². The number of hydrogen-bond donors (Lipinski definition) is 1. The van der Waals surface area contributed by atoms with Gasteiger partial charge in [-0.3, -0.25) is 0 Å². The van der Waals surface area contributed by atoms with E-state index in [1.165, 1.54) is 16.0 Å². The van der Waals surface area contributed by atoms with Crippen LogP contribution in [0, 0.1) is 0 Å². The van der Waals surface area contributed by atoms with Crippen molar-refractivity contribution >= 4 is 17.2 Å². The summed E-state index contributed by atoms with van der Waals surface area (Å²) < 4.78 is 39.4. The Bertz CT molecular complexity index is 544. The van der Waals surface area contributed by atoms with Crippen molar-refractivity contribution in [2.75, 3.05) is 11.9 Å². The first-order valence-corrected chi connectivity index (χ1v) is 6.43. The highest BCUT2D eigenvalue weighted by Gasteiger charge is 2.36. The maximum Gasteiger partial charge on any atom is 0.435 e. The van der Waals surface area contributed by atoms with Crippen molar-refractivity contribution in [2.24, 2.45) is 0 Å². The molecule has 0 fully saturated rings. The van der Waals surface area contributed by atoms with E-state index in [0.29, 0.717) is 12.4 Å². The van der Waals surface area contributed by atoms with Crippen LogP contribution in [0.4, 0.5) is 19.0 Å². The molecule has 1 aliphatic rings. The van der Waals surface area contributed by atoms with Gasteiger partial charge in [-0.05, 0) is 28.8 Å². The van der Waals surface area contributed by atoms with Crippen LogP contribution in [0.2, 0.25) is 0 Å². The molecule has 1 unspecified atom stereocenters. The van der Waals surface area contributed by atoms with Gasteiger partial charge in [0.1, 0.15) is 5.82 Å². The average Bonchev–Trinajstić information content (AvgIpc) is 2.96. The zero-order valence-corrected chi connectivity index (χ0v) is 10.1. The number of thiophene rings is 1. The molecule has 3 nitrogen and oxygen atoms in total. The Hall–Kier alpha value is -1.50. The van der Waals surface area contributed by atoms with Crippen LogP contribution >= 0.6 is 11.3 Å². The second-order valence-corrected chi connectivity index (χ2v) is 4.93. The van der Waals surface area contributed by atoms with Gasteiger partial charge in [0.05, 0.1) is 6.04 Å². The number of anilines is 1. The van der Waals surface area contributed by atoms with E-state index in [4.69, 9.17) is 0 Å². The normalized spacial score (nSPS) is 19.4. The first-order chi connectivity index (χ1) is 8.55. The van der Waals surface area contributed by atoms with Crippen LogP contribution in [0.25, 0.3) is 0 Å². The lowest BCUT2D eigenvalue weighted by molar-refractivity contribution is -0.141. The van der Waals surface area contributed by atoms with Gasteiger partial charge in [-0.25, -0.2) is 4.68 Å². The number of aromatic nitrogens is 2. The van der Waals surface area contributed by atoms with Crippen molar-refractivity contribution in [1.29, 1.82) is 0 Å². The standard InChI is InChI=1S/C11H10F3N3S/c12-11(13,14)9-5-10-15-3-1-8(17(10)16-9)7-2-4-18-6-7/h2,4-6,8,15H,1,3H2. The Morgan fingerprint density at radius 1 is 1.44 bits per heavy atom. The fourth-order valence-electron chi connectivity index (χ4n) is 2.13. The summed E-state index contributed by atoms with van der Waals surface area (Å²) in [4.78, 5) is 0. The molecule has 1 N–H and O–H groups in total. The van der Waals surface area contributed by atoms with Gasteiger partial charge in [-0.15, -0.1) is 0 Å². The topological polar surface area (TPSA) is 29.9 Å². The molecule has 0 amide bonds. The van der Waals surface area contributed by atoms with Gasteiger partial charge < -0.3 is 5.32 Å². The minimum atomic E-state index is -4.40. The lowest BCUT2D eigenvalue weighted by Gasteiger charge is -2.25. The molecular weight excluding hydrogens is 263 g/mol. The van der Waals surface area contributed by atoms with E-state index in [1.54, 1.807) is 0 Å². The summed E-state index contributed by atoms with van der Waals surface area (Å²) in [5.74, 6) is 0.435. The zero-order chi connectivity index (χ0) is 12.8. The highest BCUT2D eigenvalue weighted by Crippen LogP contribution is 2.35. The van der Waals surface area contributed by atoms with Crippen LogP contribution in [0.3, 0.4) is 0 Å². The quantitative estimate of drug-likeness (QED) is 0.863. The molecule has 0 saturated carbocycles. The third-order valence-corrected chi connectivity index (χ3v) is 3.67. The maximum atomic E-state index is 12.6. The van der Waals surface area contributed by atoms with E-state index in [0.717, 1.165) is 18.1 Å². The number of alkyl halides is 3. The number of hydrogen-bond acceptors (Lipinski definition) is 3. The van der Waals surface area contributed by atoms with Crippen molar-refractivity contribution in [3.63, 3.8) is 0 Å². The Labute approximate surface area is 105 Å². The van der Waals surface area contributed by atoms with Crippen molar-refractivity contribution < 1.29 is 13.2 Å². The van der Waals surface area contributed by atoms with Crippen LogP contribution in [0.5, 0.6) is 0 Å². The number of nitrogens with one attached hydrogen (secondary N) is 1. The zero-order valence-electron chi connectivity index (χ0n) is 9.24. The second kappa shape index (κ2) is 4.01. The number of nitrogens with zero attached hydrogens (tertiary/aromatic N) is 2. The lowest BCUT2D eigenvalue weighted by Crippen LogP contribution is -2.24. The van der Waals surface area contributed by atoms with Gasteiger partial charge in [0.2, 0.25) is 0 Å². The molecule has 2 aromatic rings. The van der Waals surface area contributed by atoms with E-state index in [9.17, 15) is 13.2 Å². The molecule has 0 aliphatic carbocycles. The molecule has 2 aromatic heterocycles. The van der Waals surface area contributed by atoms with Gasteiger partial charge >= 0.3 is 6.18 Å². The molecule has 0 bridgehead atoms. The van der Waals surface area contributed by atoms with Gasteiger partial charge in [0, 0.05) is 12.6 Å². The summed E-state index contributed by atoms with van der Waals surface area (Å²) in [7, 11) is 0. The summed E-state index contributed by atoms with van der Waals surface area (Å²) in [5, 5.41) is 10.5. The fourth-order valence-corrected chi connectivity index (χ4v) is 2.84. The first-order valence-electron chi connectivity index (χ1n) is 5.48. The molecule has 3 rings (SSSR count). The van der Waals surface area contributed by atoms with E-state index in [2.05, 4.69) is 10.4 Å². The van der Waals surface area contributed by atoms with Gasteiger partial charge in [0.25, 0.3) is 0 Å². The molecule has 7 heteroatoms. The summed E-state index contributed by atoms with van der Waals surface area (Å²) in [6.07, 6.45) is -3.66. The highest BCUT2D eigenvalue weighted by atomic mass is 32.1. The molecule has 18 heavy (non-hydrogen) atoms. The van der Waals surface area contributed by atoms with E-state index < -0.39 is 11.9 Å². The van der Waals surface area contributed by atoms with Gasteiger partial charge in [-0.1, -0.05) is 0 Å². The molecule has 1 atom stereocenters. The molecular formula is C11H10F3N3S. The molecule has 0 radical (unpaired) electrons. The molecule has 1 aliphatic heterocycles. The second-order valence-electron chi connectivity index (χ2n) is 4.15. The fraction of sp³-hybridized carbons (Fsp3) is 0.364. The predicted molar refractivity (Wildman–Crippen MR) is 62.8 cm³/mol. The van der Waals surface area contributed by atoms with E-state index >= 15 is 0 Å². The summed E-state index contributed by atoms with van der Waals surface area (Å²) >= 11 is 1.54.